The first-order valence-corrected chi connectivity index (χ1v) is 25.8. The van der Waals surface area contributed by atoms with Gasteiger partial charge in [0, 0.05) is 25.9 Å². The number of carbonyl (C=O) groups is 10. The Balaban J connectivity index is 1.74. The Morgan fingerprint density at radius 3 is 1.78 bits per heavy atom. The van der Waals surface area contributed by atoms with Gasteiger partial charge in [0.25, 0.3) is 0 Å². The summed E-state index contributed by atoms with van der Waals surface area (Å²) in [6.07, 6.45) is 3.53. The number of carbonyl (C=O) groups excluding carboxylic acids is 10. The highest BCUT2D eigenvalue weighted by Gasteiger charge is 2.43. The number of hydrogen-bond acceptors (Lipinski definition) is 11. The van der Waals surface area contributed by atoms with E-state index in [4.69, 9.17) is 10.5 Å². The minimum Gasteiger partial charge on any atom is -0.490 e. The molecule has 1 aromatic carbocycles. The topological polar surface area (TPSA) is 297 Å². The number of fused-ring (bicyclic) bond motifs is 2. The summed E-state index contributed by atoms with van der Waals surface area (Å²) in [6.45, 7) is 16.5. The van der Waals surface area contributed by atoms with E-state index in [2.05, 4.69) is 37.2 Å². The van der Waals surface area contributed by atoms with E-state index in [0.717, 1.165) is 5.57 Å². The molecule has 73 heavy (non-hydrogen) atoms. The molecule has 3 aliphatic heterocycles. The van der Waals surface area contributed by atoms with E-state index in [1.54, 1.807) is 31.2 Å². The molecule has 1 aromatic rings. The summed E-state index contributed by atoms with van der Waals surface area (Å²) in [5.74, 6) is -6.87. The molecule has 404 valence electrons. The van der Waals surface area contributed by atoms with E-state index in [1.807, 2.05) is 54.5 Å². The predicted octanol–water partition coefficient (Wildman–Crippen LogP) is 1.02. The van der Waals surface area contributed by atoms with Gasteiger partial charge < -0.3 is 57.5 Å². The molecule has 9 atom stereocenters. The van der Waals surface area contributed by atoms with Gasteiger partial charge in [-0.25, -0.2) is 0 Å². The van der Waals surface area contributed by atoms with Crippen molar-refractivity contribution in [1.29, 1.82) is 0 Å². The lowest BCUT2D eigenvalue weighted by molar-refractivity contribution is -0.145. The van der Waals surface area contributed by atoms with Gasteiger partial charge in [0.15, 0.2) is 0 Å². The van der Waals surface area contributed by atoms with Crippen molar-refractivity contribution in [1.82, 2.24) is 47.0 Å². The van der Waals surface area contributed by atoms with Crippen LogP contribution < -0.4 is 47.7 Å². The molecule has 21 nitrogen and oxygen atoms in total. The third-order valence-corrected chi connectivity index (χ3v) is 13.4. The average Bonchev–Trinajstić information content (AvgIpc) is 4.04. The standard InChI is InChI=1S/C52H80N10O11/c1-10-32(8)44-52(72)62-23-12-14-41(62)50(70)59-39(26-31(6)7)51(71)61-22-11-13-40(61)49(69)56-36(19-20-42(53)63)47(67)55-33(9)45(65)57-38(27-34-15-17-35(18-16-34)73-24-21-29(2)3)48(68)58-37(25-30(4)5)46(66)54-28-43(64)60-44/h15-18,21,30-33,36-41,44H,10-14,19-20,22-28H2,1-9H3,(H2,53,63)(H,54,66)(H,55,67)(H,56,69)(H,57,65)(H,58,68)(H,59,70)(H,60,64)/t32-,33-,36-,37-,38-,39-,40-,41-,44-/m0/s1. The van der Waals surface area contributed by atoms with Gasteiger partial charge in [-0.05, 0) is 107 Å². The van der Waals surface area contributed by atoms with Crippen molar-refractivity contribution in [3.05, 3.63) is 41.5 Å². The van der Waals surface area contributed by atoms with Crippen LogP contribution in [-0.2, 0) is 54.4 Å². The number of hydrogen-bond donors (Lipinski definition) is 8. The molecule has 0 saturated carbocycles. The van der Waals surface area contributed by atoms with Crippen LogP contribution >= 0.6 is 0 Å². The summed E-state index contributed by atoms with van der Waals surface area (Å²) >= 11 is 0. The van der Waals surface area contributed by atoms with E-state index in [0.29, 0.717) is 43.6 Å². The second kappa shape index (κ2) is 28.1. The van der Waals surface area contributed by atoms with E-state index >= 15 is 0 Å². The van der Waals surface area contributed by atoms with Crippen LogP contribution in [0.25, 0.3) is 0 Å². The van der Waals surface area contributed by atoms with Gasteiger partial charge in [-0.3, -0.25) is 47.9 Å². The van der Waals surface area contributed by atoms with Crippen LogP contribution in [-0.4, -0.2) is 143 Å². The molecule has 0 bridgehead atoms. The van der Waals surface area contributed by atoms with Crippen molar-refractivity contribution in [2.75, 3.05) is 26.2 Å². The minimum atomic E-state index is -1.39. The SMILES string of the molecule is CC[C@H](C)[C@@H]1NC(=O)CNC(=O)[C@H](CC(C)C)NC(=O)[C@H](Cc2ccc(OCC=C(C)C)cc2)NC(=O)[C@H](C)NC(=O)[C@H](CCC(N)=O)NC(=O)[C@@H]2CCCN2C(=O)[C@H](CC(C)C)NC(=O)[C@@H]2CCCN2C1=O. The highest BCUT2D eigenvalue weighted by atomic mass is 16.5. The summed E-state index contributed by atoms with van der Waals surface area (Å²) in [6, 6.07) is -2.52. The van der Waals surface area contributed by atoms with Crippen LogP contribution in [0.15, 0.2) is 35.9 Å². The quantitative estimate of drug-likeness (QED) is 0.122. The van der Waals surface area contributed by atoms with Crippen LogP contribution in [0.5, 0.6) is 5.75 Å². The zero-order chi connectivity index (χ0) is 54.1. The molecule has 0 aromatic heterocycles. The maximum Gasteiger partial charge on any atom is 0.246 e. The van der Waals surface area contributed by atoms with Crippen molar-refractivity contribution in [2.24, 2.45) is 23.5 Å². The molecule has 4 rings (SSSR count). The predicted molar refractivity (Wildman–Crippen MR) is 272 cm³/mol. The Labute approximate surface area is 429 Å². The fourth-order valence-electron chi connectivity index (χ4n) is 9.09. The number of ether oxygens (including phenoxy) is 1. The number of rotatable bonds is 14. The third-order valence-electron chi connectivity index (χ3n) is 13.4. The summed E-state index contributed by atoms with van der Waals surface area (Å²) < 4.78 is 5.80. The smallest absolute Gasteiger partial charge is 0.246 e. The molecular formula is C52H80N10O11. The molecule has 0 unspecified atom stereocenters. The maximum absolute atomic E-state index is 14.4. The zero-order valence-corrected chi connectivity index (χ0v) is 44.1. The Morgan fingerprint density at radius 2 is 1.22 bits per heavy atom. The Kier molecular flexibility index (Phi) is 22.7. The first-order chi connectivity index (χ1) is 34.5. The van der Waals surface area contributed by atoms with Crippen molar-refractivity contribution in [3.63, 3.8) is 0 Å². The van der Waals surface area contributed by atoms with E-state index < -0.39 is 120 Å². The molecule has 0 aliphatic carbocycles. The molecule has 10 amide bonds. The highest BCUT2D eigenvalue weighted by Crippen LogP contribution is 2.25. The summed E-state index contributed by atoms with van der Waals surface area (Å²) in [5.41, 5.74) is 7.16. The third kappa shape index (κ3) is 17.9. The molecule has 3 heterocycles. The number of amides is 10. The number of allylic oxidation sites excluding steroid dienone is 1. The first-order valence-electron chi connectivity index (χ1n) is 25.8. The monoisotopic (exact) mass is 1020 g/mol. The summed E-state index contributed by atoms with van der Waals surface area (Å²) in [5, 5.41) is 19.0. The zero-order valence-electron chi connectivity index (χ0n) is 44.1. The van der Waals surface area contributed by atoms with Gasteiger partial charge >= 0.3 is 0 Å². The molecular weight excluding hydrogens is 941 g/mol. The van der Waals surface area contributed by atoms with Crippen molar-refractivity contribution in [2.45, 2.75) is 175 Å². The Hall–Kier alpha value is -6.54. The number of benzene rings is 1. The van der Waals surface area contributed by atoms with Crippen LogP contribution in [0.3, 0.4) is 0 Å². The lowest BCUT2D eigenvalue weighted by Crippen LogP contribution is -2.60. The fraction of sp³-hybridized carbons (Fsp3) is 0.654. The maximum atomic E-state index is 14.4. The molecule has 3 saturated heterocycles. The Morgan fingerprint density at radius 1 is 0.685 bits per heavy atom. The highest BCUT2D eigenvalue weighted by molar-refractivity contribution is 5.99. The Bertz CT molecular complexity index is 2180. The van der Waals surface area contributed by atoms with Gasteiger partial charge in [0.05, 0.1) is 6.54 Å². The summed E-state index contributed by atoms with van der Waals surface area (Å²) in [7, 11) is 0. The number of nitrogens with zero attached hydrogens (tertiary/aromatic N) is 2. The van der Waals surface area contributed by atoms with E-state index in [1.165, 1.54) is 16.7 Å². The lowest BCUT2D eigenvalue weighted by atomic mass is 9.97. The average molecular weight is 1020 g/mol. The fourth-order valence-corrected chi connectivity index (χ4v) is 9.09. The summed E-state index contributed by atoms with van der Waals surface area (Å²) in [4.78, 5) is 142. The second-order valence-corrected chi connectivity index (χ2v) is 20.7. The molecule has 3 aliphatic rings. The largest absolute Gasteiger partial charge is 0.490 e. The van der Waals surface area contributed by atoms with Crippen molar-refractivity contribution >= 4 is 59.1 Å². The van der Waals surface area contributed by atoms with Gasteiger partial charge in [-0.15, -0.1) is 0 Å². The van der Waals surface area contributed by atoms with Crippen LogP contribution in [0.4, 0.5) is 0 Å². The van der Waals surface area contributed by atoms with Crippen molar-refractivity contribution < 1.29 is 52.7 Å². The van der Waals surface area contributed by atoms with Crippen LogP contribution in [0, 0.1) is 17.8 Å². The molecule has 21 heteroatoms. The lowest BCUT2D eigenvalue weighted by Gasteiger charge is -2.33. The van der Waals surface area contributed by atoms with Crippen LogP contribution in [0.1, 0.15) is 126 Å². The normalized spacial score (nSPS) is 26.0. The second-order valence-electron chi connectivity index (χ2n) is 20.7. The molecule has 0 radical (unpaired) electrons. The van der Waals surface area contributed by atoms with E-state index in [9.17, 15) is 47.9 Å². The van der Waals surface area contributed by atoms with Gasteiger partial charge in [0.1, 0.15) is 60.7 Å². The molecule has 0 spiro atoms. The molecule has 9 N–H and O–H groups in total. The van der Waals surface area contributed by atoms with Gasteiger partial charge in [-0.2, -0.15) is 0 Å². The first kappa shape index (κ1) is 59.0. The van der Waals surface area contributed by atoms with Crippen molar-refractivity contribution in [3.8, 4) is 5.75 Å². The number of nitrogens with one attached hydrogen (secondary N) is 7. The minimum absolute atomic E-state index is 0.0686. The number of nitrogens with two attached hydrogens (primary N) is 1. The molecule has 3 fully saturated rings. The van der Waals surface area contributed by atoms with E-state index in [-0.39, 0.29) is 63.5 Å². The van der Waals surface area contributed by atoms with Gasteiger partial charge in [-0.1, -0.05) is 65.7 Å². The van der Waals surface area contributed by atoms with Gasteiger partial charge in [0.2, 0.25) is 59.1 Å². The number of primary amides is 1. The van der Waals surface area contributed by atoms with Crippen LogP contribution in [0.2, 0.25) is 0 Å².